The van der Waals surface area contributed by atoms with E-state index in [1.807, 2.05) is 0 Å². The second kappa shape index (κ2) is 3.11. The van der Waals surface area contributed by atoms with Crippen LogP contribution in [0.4, 0.5) is 0 Å². The maximum absolute atomic E-state index is 10.6. The minimum absolute atomic E-state index is 0.00349. The molecule has 6 heteroatoms. The lowest BCUT2D eigenvalue weighted by molar-refractivity contribution is -0.140. The Morgan fingerprint density at radius 3 is 2.55 bits per heavy atom. The van der Waals surface area contributed by atoms with Gasteiger partial charge < -0.3 is 10.1 Å². The summed E-state index contributed by atoms with van der Waals surface area (Å²) in [6, 6.07) is 0. The Hall–Kier alpha value is -0.740. The maximum Gasteiger partial charge on any atom is 0.353 e. The Morgan fingerprint density at radius 1 is 1.55 bits per heavy atom. The first-order valence-corrected chi connectivity index (χ1v) is 3.38. The van der Waals surface area contributed by atoms with Crippen LogP contribution in [-0.2, 0) is 14.3 Å². The summed E-state index contributed by atoms with van der Waals surface area (Å²) in [6.45, 7) is 0. The average Bonchev–Trinajstić information content (AvgIpc) is 2.19. The van der Waals surface area contributed by atoms with Crippen LogP contribution in [0.5, 0.6) is 0 Å². The highest BCUT2D eigenvalue weighted by Gasteiger charge is 2.31. The predicted molar refractivity (Wildman–Crippen MR) is 37.8 cm³/mol. The number of rotatable bonds is 2. The largest absolute Gasteiger partial charge is 0.432 e. The molecule has 0 radical (unpaired) electrons. The van der Waals surface area contributed by atoms with Crippen LogP contribution in [-0.4, -0.2) is 18.6 Å². The summed E-state index contributed by atoms with van der Waals surface area (Å²) in [5.41, 5.74) is 0. The predicted octanol–water partition coefficient (Wildman–Crippen LogP) is 0.304. The van der Waals surface area contributed by atoms with Crippen molar-refractivity contribution >= 4 is 35.6 Å². The van der Waals surface area contributed by atoms with Crippen molar-refractivity contribution in [3.05, 3.63) is 10.1 Å². The highest BCUT2D eigenvalue weighted by atomic mass is 35.5. The van der Waals surface area contributed by atoms with Crippen LogP contribution in [0.2, 0.25) is 0 Å². The number of nitrogens with one attached hydrogen (secondary N) is 1. The summed E-state index contributed by atoms with van der Waals surface area (Å²) in [5, 5.41) is 1.97. The normalized spacial score (nSPS) is 23.5. The highest BCUT2D eigenvalue weighted by molar-refractivity contribution is 6.48. The minimum Gasteiger partial charge on any atom is -0.432 e. The molecular weight excluding hydrogens is 193 g/mol. The molecule has 4 nitrogen and oxygen atoms in total. The molecule has 0 aromatic carbocycles. The number of carbonyl (C=O) groups excluding carboxylic acids is 2. The van der Waals surface area contributed by atoms with Crippen molar-refractivity contribution in [3.63, 3.8) is 0 Å². The molecule has 1 amide bonds. The van der Waals surface area contributed by atoms with Crippen LogP contribution in [0.3, 0.4) is 0 Å². The van der Waals surface area contributed by atoms with E-state index in [1.165, 1.54) is 0 Å². The second-order valence-electron chi connectivity index (χ2n) is 1.73. The van der Waals surface area contributed by atoms with Gasteiger partial charge in [-0.05, 0) is 0 Å². The molecule has 0 aromatic rings. The van der Waals surface area contributed by atoms with E-state index in [2.05, 4.69) is 10.1 Å². The van der Waals surface area contributed by atoms with Gasteiger partial charge in [0.05, 0.1) is 0 Å². The smallest absolute Gasteiger partial charge is 0.353 e. The van der Waals surface area contributed by atoms with Gasteiger partial charge in [-0.3, -0.25) is 4.79 Å². The number of ether oxygens (including phenoxy) is 1. The summed E-state index contributed by atoms with van der Waals surface area (Å²) < 4.78 is 4.51. The lowest BCUT2D eigenvalue weighted by Gasteiger charge is -2.06. The first kappa shape index (κ1) is 8.36. The maximum atomic E-state index is 10.6. The fourth-order valence-corrected chi connectivity index (χ4v) is 0.920. The number of halogens is 2. The number of esters is 1. The van der Waals surface area contributed by atoms with Gasteiger partial charge in [0.15, 0.2) is 0 Å². The van der Waals surface area contributed by atoms with Crippen molar-refractivity contribution in [2.45, 2.75) is 6.23 Å². The molecular formula is C5H3Cl2NO3. The van der Waals surface area contributed by atoms with Crippen LogP contribution in [0.25, 0.3) is 0 Å². The molecule has 0 fully saturated rings. The van der Waals surface area contributed by atoms with Crippen LogP contribution in [0.15, 0.2) is 10.1 Å². The molecule has 1 aliphatic rings. The quantitative estimate of drug-likeness (QED) is 0.510. The van der Waals surface area contributed by atoms with Gasteiger partial charge in [-0.25, -0.2) is 4.79 Å². The van der Waals surface area contributed by atoms with E-state index in [-0.39, 0.29) is 10.1 Å². The van der Waals surface area contributed by atoms with E-state index in [9.17, 15) is 9.59 Å². The van der Waals surface area contributed by atoms with E-state index in [4.69, 9.17) is 23.2 Å². The molecule has 60 valence electrons. The standard InChI is InChI=1S/C5H3Cl2NO3/c6-2-3(7)5(10)11-4(2)8-1-9/h1,4H,(H,8,9)/t4-/m0/s1. The average molecular weight is 196 g/mol. The van der Waals surface area contributed by atoms with Gasteiger partial charge in [-0.2, -0.15) is 0 Å². The fourth-order valence-electron chi connectivity index (χ4n) is 0.592. The molecule has 0 aromatic heterocycles. The molecule has 11 heavy (non-hydrogen) atoms. The SMILES string of the molecule is O=CN[C@H]1OC(=O)C(Cl)=C1Cl. The second-order valence-corrected chi connectivity index (χ2v) is 2.52. The molecule has 1 heterocycles. The molecule has 0 unspecified atom stereocenters. The van der Waals surface area contributed by atoms with Crippen molar-refractivity contribution in [1.82, 2.24) is 5.32 Å². The summed E-state index contributed by atoms with van der Waals surface area (Å²) >= 11 is 10.8. The number of hydrogen-bond donors (Lipinski definition) is 1. The van der Waals surface area contributed by atoms with E-state index >= 15 is 0 Å². The summed E-state index contributed by atoms with van der Waals surface area (Å²) in [7, 11) is 0. The molecule has 0 aliphatic carbocycles. The third-order valence-electron chi connectivity index (χ3n) is 1.06. The third kappa shape index (κ3) is 1.46. The van der Waals surface area contributed by atoms with Gasteiger partial charge in [0, 0.05) is 0 Å². The zero-order valence-electron chi connectivity index (χ0n) is 5.14. The number of cyclic esters (lactones) is 1. The fraction of sp³-hybridized carbons (Fsp3) is 0.200. The van der Waals surface area contributed by atoms with Crippen molar-refractivity contribution in [2.24, 2.45) is 0 Å². The molecule has 1 rings (SSSR count). The molecule has 1 N–H and O–H groups in total. The van der Waals surface area contributed by atoms with E-state index < -0.39 is 12.2 Å². The molecule has 0 saturated carbocycles. The Labute approximate surface area is 72.1 Å². The monoisotopic (exact) mass is 195 g/mol. The van der Waals surface area contributed by atoms with Crippen molar-refractivity contribution < 1.29 is 14.3 Å². The van der Waals surface area contributed by atoms with Gasteiger partial charge in [-0.1, -0.05) is 23.2 Å². The Morgan fingerprint density at radius 2 is 2.18 bits per heavy atom. The Balaban J connectivity index is 2.76. The van der Waals surface area contributed by atoms with Gasteiger partial charge in [0.1, 0.15) is 10.1 Å². The zero-order chi connectivity index (χ0) is 8.43. The van der Waals surface area contributed by atoms with Crippen LogP contribution < -0.4 is 5.32 Å². The summed E-state index contributed by atoms with van der Waals surface area (Å²) in [5.74, 6) is -0.726. The van der Waals surface area contributed by atoms with E-state index in [0.717, 1.165) is 0 Å². The Bertz CT molecular complexity index is 238. The van der Waals surface area contributed by atoms with Crippen LogP contribution in [0.1, 0.15) is 0 Å². The van der Waals surface area contributed by atoms with Crippen LogP contribution >= 0.6 is 23.2 Å². The minimum atomic E-state index is -0.922. The first-order chi connectivity index (χ1) is 5.16. The number of carbonyl (C=O) groups is 2. The highest BCUT2D eigenvalue weighted by Crippen LogP contribution is 2.26. The van der Waals surface area contributed by atoms with Gasteiger partial charge in [-0.15, -0.1) is 0 Å². The summed E-state index contributed by atoms with van der Waals surface area (Å²) in [4.78, 5) is 20.5. The van der Waals surface area contributed by atoms with Crippen LogP contribution in [0, 0.1) is 0 Å². The topological polar surface area (TPSA) is 55.4 Å². The molecule has 1 aliphatic heterocycles. The van der Waals surface area contributed by atoms with Crippen molar-refractivity contribution in [2.75, 3.05) is 0 Å². The van der Waals surface area contributed by atoms with E-state index in [0.29, 0.717) is 6.41 Å². The lowest BCUT2D eigenvalue weighted by atomic mass is 10.5. The Kier molecular flexibility index (Phi) is 2.36. The molecule has 1 atom stereocenters. The molecule has 0 saturated heterocycles. The molecule has 0 bridgehead atoms. The molecule has 0 spiro atoms. The third-order valence-corrected chi connectivity index (χ3v) is 1.91. The zero-order valence-corrected chi connectivity index (χ0v) is 6.65. The number of hydrogen-bond acceptors (Lipinski definition) is 3. The van der Waals surface area contributed by atoms with Crippen molar-refractivity contribution in [1.29, 1.82) is 0 Å². The van der Waals surface area contributed by atoms with Gasteiger partial charge in [0.2, 0.25) is 12.6 Å². The van der Waals surface area contributed by atoms with E-state index in [1.54, 1.807) is 0 Å². The van der Waals surface area contributed by atoms with Gasteiger partial charge >= 0.3 is 5.97 Å². The van der Waals surface area contributed by atoms with Gasteiger partial charge in [0.25, 0.3) is 0 Å². The lowest BCUT2D eigenvalue weighted by Crippen LogP contribution is -2.28. The number of amides is 1. The van der Waals surface area contributed by atoms with Crippen molar-refractivity contribution in [3.8, 4) is 0 Å². The summed E-state index contributed by atoms with van der Waals surface area (Å²) in [6.07, 6.45) is -0.551. The first-order valence-electron chi connectivity index (χ1n) is 2.62.